The van der Waals surface area contributed by atoms with E-state index in [-0.39, 0.29) is 42.8 Å². The smallest absolute Gasteiger partial charge is 0.336 e. The van der Waals surface area contributed by atoms with Gasteiger partial charge in [0.2, 0.25) is 0 Å². The van der Waals surface area contributed by atoms with Crippen LogP contribution in [0.15, 0.2) is 75.4 Å². The molecule has 0 saturated heterocycles. The number of ether oxygens (including phenoxy) is 1. The Balaban J connectivity index is 1.90. The molecule has 0 aliphatic heterocycles. The van der Waals surface area contributed by atoms with Crippen molar-refractivity contribution in [3.8, 4) is 22.6 Å². The van der Waals surface area contributed by atoms with Crippen molar-refractivity contribution in [2.24, 2.45) is 0 Å². The van der Waals surface area contributed by atoms with Gasteiger partial charge in [0, 0.05) is 27.9 Å². The zero-order chi connectivity index (χ0) is 30.5. The van der Waals surface area contributed by atoms with Crippen LogP contribution in [0.25, 0.3) is 27.7 Å². The van der Waals surface area contributed by atoms with Gasteiger partial charge in [0.05, 0.1) is 45.8 Å². The van der Waals surface area contributed by atoms with Crippen molar-refractivity contribution in [3.05, 3.63) is 115 Å². The van der Waals surface area contributed by atoms with Gasteiger partial charge in [-0.3, -0.25) is 14.3 Å². The molecule has 2 heterocycles. The Labute approximate surface area is 246 Å². The van der Waals surface area contributed by atoms with E-state index in [1.807, 2.05) is 0 Å². The molecule has 42 heavy (non-hydrogen) atoms. The molecule has 216 valence electrons. The third-order valence-corrected chi connectivity index (χ3v) is 8.15. The minimum atomic E-state index is -3.14. The first kappa shape index (κ1) is 29.4. The van der Waals surface area contributed by atoms with Gasteiger partial charge in [0.15, 0.2) is 17.5 Å². The number of rotatable bonds is 6. The molecule has 0 fully saturated rings. The zero-order valence-corrected chi connectivity index (χ0v) is 24.1. The van der Waals surface area contributed by atoms with Gasteiger partial charge in [0.1, 0.15) is 11.1 Å². The lowest BCUT2D eigenvalue weighted by atomic mass is 10.0. The van der Waals surface area contributed by atoms with E-state index >= 15 is 0 Å². The summed E-state index contributed by atoms with van der Waals surface area (Å²) in [6.45, 7) is -0.492. The fraction of sp³-hybridized carbons (Fsp3) is 0.107. The van der Waals surface area contributed by atoms with Crippen LogP contribution in [0.3, 0.4) is 0 Å². The van der Waals surface area contributed by atoms with Gasteiger partial charge in [-0.25, -0.2) is 31.5 Å². The summed E-state index contributed by atoms with van der Waals surface area (Å²) in [7, 11) is -1.84. The van der Waals surface area contributed by atoms with Gasteiger partial charge in [-0.2, -0.15) is 0 Å². The van der Waals surface area contributed by atoms with Crippen LogP contribution in [0.2, 0.25) is 10.0 Å². The fourth-order valence-corrected chi connectivity index (χ4v) is 5.59. The Morgan fingerprint density at radius 1 is 1.00 bits per heavy atom. The topological polar surface area (TPSA) is 107 Å². The lowest BCUT2D eigenvalue weighted by molar-refractivity contribution is 0.419. The van der Waals surface area contributed by atoms with Crippen molar-refractivity contribution in [2.45, 2.75) is 11.4 Å². The van der Waals surface area contributed by atoms with E-state index in [9.17, 15) is 27.0 Å². The Morgan fingerprint density at radius 2 is 1.69 bits per heavy atom. The maximum atomic E-state index is 14.1. The van der Waals surface area contributed by atoms with Crippen LogP contribution in [0.1, 0.15) is 5.56 Å². The van der Waals surface area contributed by atoms with Crippen LogP contribution >= 0.6 is 23.2 Å². The monoisotopic (exact) mass is 634 g/mol. The first-order valence-electron chi connectivity index (χ1n) is 12.0. The second-order valence-electron chi connectivity index (χ2n) is 9.30. The van der Waals surface area contributed by atoms with Crippen LogP contribution in [0, 0.1) is 22.2 Å². The molecule has 0 saturated carbocycles. The average molecular weight is 635 g/mol. The van der Waals surface area contributed by atoms with Gasteiger partial charge >= 0.3 is 5.69 Å². The zero-order valence-electron chi connectivity index (χ0n) is 21.8. The highest BCUT2D eigenvalue weighted by Crippen LogP contribution is 2.36. The molecule has 0 aliphatic carbocycles. The number of fused-ring (bicyclic) bond motifs is 1. The molecule has 0 spiro atoms. The normalized spacial score (nSPS) is 12.8. The third kappa shape index (κ3) is 5.28. The summed E-state index contributed by atoms with van der Waals surface area (Å²) in [4.78, 5) is 31.9. The SMILES string of the molecule is COc1cc(-c2cc(S(C)(=N)=O)ccc2Cl)cc2c1c(=O)n(-c1cncc(Cl)c1)c(=O)n2Cc1cc(F)c(F)c(F)c1. The third-order valence-electron chi connectivity index (χ3n) is 6.46. The second-order valence-corrected chi connectivity index (χ2v) is 12.3. The van der Waals surface area contributed by atoms with E-state index in [2.05, 4.69) is 4.98 Å². The number of hydrogen-bond donors (Lipinski definition) is 1. The summed E-state index contributed by atoms with van der Waals surface area (Å²) >= 11 is 12.5. The Morgan fingerprint density at radius 3 is 2.31 bits per heavy atom. The van der Waals surface area contributed by atoms with Crippen molar-refractivity contribution in [1.29, 1.82) is 4.78 Å². The summed E-state index contributed by atoms with van der Waals surface area (Å²) in [5.41, 5.74) is -1.21. The molecule has 14 heteroatoms. The molecule has 1 unspecified atom stereocenters. The van der Waals surface area contributed by atoms with Gasteiger partial charge < -0.3 is 4.74 Å². The molecule has 2 aromatic heterocycles. The summed E-state index contributed by atoms with van der Waals surface area (Å²) in [6.07, 6.45) is 3.78. The summed E-state index contributed by atoms with van der Waals surface area (Å²) < 4.78 is 69.8. The van der Waals surface area contributed by atoms with E-state index in [1.54, 1.807) is 0 Å². The molecule has 3 aromatic carbocycles. The highest BCUT2D eigenvalue weighted by molar-refractivity contribution is 7.91. The number of halogens is 5. The molecule has 0 bridgehead atoms. The molecule has 1 N–H and O–H groups in total. The van der Waals surface area contributed by atoms with E-state index in [0.29, 0.717) is 11.1 Å². The lowest BCUT2D eigenvalue weighted by Crippen LogP contribution is -2.39. The molecule has 0 radical (unpaired) electrons. The van der Waals surface area contributed by atoms with Gasteiger partial charge in [-0.1, -0.05) is 23.2 Å². The molecule has 0 amide bonds. The maximum absolute atomic E-state index is 14.1. The maximum Gasteiger partial charge on any atom is 0.336 e. The van der Waals surface area contributed by atoms with Crippen LogP contribution in [0.4, 0.5) is 13.2 Å². The number of nitrogens with one attached hydrogen (secondary N) is 1. The molecule has 8 nitrogen and oxygen atoms in total. The number of benzene rings is 3. The van der Waals surface area contributed by atoms with E-state index < -0.39 is 45.0 Å². The number of pyridine rings is 1. The largest absolute Gasteiger partial charge is 0.496 e. The summed E-state index contributed by atoms with van der Waals surface area (Å²) in [5, 5.41) is 0.251. The highest BCUT2D eigenvalue weighted by Gasteiger charge is 2.22. The van der Waals surface area contributed by atoms with Crippen molar-refractivity contribution in [2.75, 3.05) is 13.4 Å². The van der Waals surface area contributed by atoms with Crippen LogP contribution in [-0.2, 0) is 16.3 Å². The second kappa shape index (κ2) is 10.9. The minimum absolute atomic E-state index is 0.00558. The first-order valence-corrected chi connectivity index (χ1v) is 14.7. The number of aromatic nitrogens is 3. The van der Waals surface area contributed by atoms with Gasteiger partial charge in [-0.15, -0.1) is 0 Å². The predicted molar refractivity (Wildman–Crippen MR) is 154 cm³/mol. The molecule has 5 rings (SSSR count). The number of hydrogen-bond acceptors (Lipinski definition) is 6. The van der Waals surface area contributed by atoms with Crippen LogP contribution in [0.5, 0.6) is 5.75 Å². The first-order chi connectivity index (χ1) is 19.8. The van der Waals surface area contributed by atoms with E-state index in [0.717, 1.165) is 21.3 Å². The van der Waals surface area contributed by atoms with Crippen LogP contribution in [-0.4, -0.2) is 31.7 Å². The molecule has 5 aromatic rings. The standard InChI is InChI=1S/C28H19Cl2F3N4O4S/c1-41-24-8-15(19-10-18(42(2,34)40)3-4-20(19)30)7-23-25(24)27(38)37(17-9-16(29)11-35-12-17)28(39)36(23)13-14-5-21(31)26(33)22(32)6-14/h3-12,34H,13H2,1-2H3. The van der Waals surface area contributed by atoms with Crippen molar-refractivity contribution in [1.82, 2.24) is 14.1 Å². The van der Waals surface area contributed by atoms with Gasteiger partial charge in [0.25, 0.3) is 5.56 Å². The number of nitrogens with zero attached hydrogens (tertiary/aromatic N) is 3. The van der Waals surface area contributed by atoms with Crippen LogP contribution < -0.4 is 16.0 Å². The number of methoxy groups -OCH3 is 1. The van der Waals surface area contributed by atoms with Crippen molar-refractivity contribution in [3.63, 3.8) is 0 Å². The Bertz CT molecular complexity index is 2130. The molecule has 0 aliphatic rings. The quantitative estimate of drug-likeness (QED) is 0.230. The molecular formula is C28H19Cl2F3N4O4S. The fourth-order valence-electron chi connectivity index (χ4n) is 4.52. The minimum Gasteiger partial charge on any atom is -0.496 e. The Kier molecular flexibility index (Phi) is 7.64. The lowest BCUT2D eigenvalue weighted by Gasteiger charge is -2.18. The highest BCUT2D eigenvalue weighted by atomic mass is 35.5. The summed E-state index contributed by atoms with van der Waals surface area (Å²) in [6, 6.07) is 10.1. The summed E-state index contributed by atoms with van der Waals surface area (Å²) in [5.74, 6) is -4.59. The van der Waals surface area contributed by atoms with Crippen molar-refractivity contribution < 1.29 is 22.1 Å². The molecular weight excluding hydrogens is 616 g/mol. The van der Waals surface area contributed by atoms with E-state index in [1.165, 1.54) is 62.2 Å². The molecule has 1 atom stereocenters. The predicted octanol–water partition coefficient (Wildman–Crippen LogP) is 6.03. The van der Waals surface area contributed by atoms with E-state index in [4.69, 9.17) is 32.7 Å². The van der Waals surface area contributed by atoms with Gasteiger partial charge in [-0.05, 0) is 59.7 Å². The van der Waals surface area contributed by atoms with Crippen molar-refractivity contribution >= 4 is 43.8 Å². The average Bonchev–Trinajstić information content (AvgIpc) is 2.93. The Hall–Kier alpha value is -4.13.